The minimum absolute atomic E-state index is 0.0771. The maximum Gasteiger partial charge on any atom is 0.246 e. The van der Waals surface area contributed by atoms with Crippen molar-refractivity contribution >= 4 is 17.7 Å². The lowest BCUT2D eigenvalue weighted by molar-refractivity contribution is -0.146. The predicted molar refractivity (Wildman–Crippen MR) is 180 cm³/mol. The van der Waals surface area contributed by atoms with Gasteiger partial charge in [0.25, 0.3) is 0 Å². The summed E-state index contributed by atoms with van der Waals surface area (Å²) in [6.07, 6.45) is 1.08. The molecule has 0 aliphatic heterocycles. The van der Waals surface area contributed by atoms with Crippen LogP contribution >= 0.6 is 0 Å². The molecule has 0 fully saturated rings. The van der Waals surface area contributed by atoms with E-state index in [1.54, 1.807) is 6.92 Å². The second kappa shape index (κ2) is 16.4. The van der Waals surface area contributed by atoms with E-state index < -0.39 is 53.1 Å². The molecular weight excluding hydrogens is 602 g/mol. The number of hydrogen-bond acceptors (Lipinski definition) is 5. The molecule has 0 aliphatic carbocycles. The summed E-state index contributed by atoms with van der Waals surface area (Å²) in [7, 11) is 2.98. The zero-order chi connectivity index (χ0) is 34.9. The Morgan fingerprint density at radius 2 is 1.45 bits per heavy atom. The smallest absolute Gasteiger partial charge is 0.246 e. The number of carbonyl (C=O) groups excluding carboxylic acids is 3. The van der Waals surface area contributed by atoms with E-state index in [4.69, 9.17) is 5.73 Å². The number of amides is 3. The summed E-state index contributed by atoms with van der Waals surface area (Å²) in [5, 5.41) is 12.4. The zero-order valence-corrected chi connectivity index (χ0v) is 28.0. The van der Waals surface area contributed by atoms with E-state index in [1.807, 2.05) is 68.4 Å². The van der Waals surface area contributed by atoms with Gasteiger partial charge in [-0.1, -0.05) is 66.2 Å². The molecule has 0 heterocycles. The summed E-state index contributed by atoms with van der Waals surface area (Å²) in [4.78, 5) is 43.8. The highest BCUT2D eigenvalue weighted by Crippen LogP contribution is 2.22. The fraction of sp³-hybridized carbons (Fsp3) is 0.378. The van der Waals surface area contributed by atoms with Crippen LogP contribution in [0.4, 0.5) is 8.78 Å². The van der Waals surface area contributed by atoms with Crippen LogP contribution in [0.25, 0.3) is 11.1 Å². The van der Waals surface area contributed by atoms with Crippen molar-refractivity contribution in [2.24, 2.45) is 5.73 Å². The molecule has 0 saturated heterocycles. The number of benzene rings is 3. The van der Waals surface area contributed by atoms with Gasteiger partial charge < -0.3 is 26.0 Å². The average Bonchev–Trinajstić information content (AvgIpc) is 3.01. The second-order valence-corrected chi connectivity index (χ2v) is 12.9. The molecule has 0 saturated carbocycles. The highest BCUT2D eigenvalue weighted by atomic mass is 19.2. The van der Waals surface area contributed by atoms with Gasteiger partial charge in [0.1, 0.15) is 12.1 Å². The third-order valence-corrected chi connectivity index (χ3v) is 7.80. The molecule has 0 aromatic heterocycles. The summed E-state index contributed by atoms with van der Waals surface area (Å²) < 4.78 is 27.8. The van der Waals surface area contributed by atoms with Crippen molar-refractivity contribution < 1.29 is 28.3 Å². The van der Waals surface area contributed by atoms with E-state index >= 15 is 0 Å². The molecule has 0 aliphatic rings. The van der Waals surface area contributed by atoms with Gasteiger partial charge in [0.05, 0.1) is 6.10 Å². The average molecular weight is 649 g/mol. The minimum Gasteiger partial charge on any atom is -0.392 e. The van der Waals surface area contributed by atoms with Crippen LogP contribution in [0.3, 0.4) is 0 Å². The number of nitrogens with zero attached hydrogens (tertiary/aromatic N) is 2. The maximum absolute atomic E-state index is 14.3. The standard InChI is InChI=1S/C37H46F2N4O4/c1-24(22-37(3,4)40)18-34(45)42(5)33(20-26-12-15-29(16-13-26)28-10-8-7-9-11-28)36(47)43(6)32(35(46)41-23-25(2)44)21-27-14-17-30(38)31(39)19-27/h7-19,25,32-33,44H,20-23,40H2,1-6H3,(H,41,46)/b24-18+/t25-,32-,33-/m1/s1. The van der Waals surface area contributed by atoms with Crippen molar-refractivity contribution in [3.63, 3.8) is 0 Å². The third-order valence-electron chi connectivity index (χ3n) is 7.80. The number of nitrogens with two attached hydrogens (primary N) is 1. The summed E-state index contributed by atoms with van der Waals surface area (Å²) >= 11 is 0. The first-order valence-electron chi connectivity index (χ1n) is 15.6. The molecule has 3 aromatic carbocycles. The second-order valence-electron chi connectivity index (χ2n) is 12.9. The Morgan fingerprint density at radius 3 is 2.02 bits per heavy atom. The van der Waals surface area contributed by atoms with Gasteiger partial charge in [0.15, 0.2) is 11.6 Å². The molecular formula is C37H46F2N4O4. The minimum atomic E-state index is -1.16. The van der Waals surface area contributed by atoms with E-state index in [0.29, 0.717) is 12.0 Å². The van der Waals surface area contributed by atoms with Crippen LogP contribution in [0.2, 0.25) is 0 Å². The van der Waals surface area contributed by atoms with E-state index in [1.165, 1.54) is 43.0 Å². The molecule has 47 heavy (non-hydrogen) atoms. The number of rotatable bonds is 14. The molecule has 0 unspecified atom stereocenters. The van der Waals surface area contributed by atoms with Crippen LogP contribution in [0, 0.1) is 11.6 Å². The molecule has 0 radical (unpaired) electrons. The van der Waals surface area contributed by atoms with Crippen LogP contribution in [0.15, 0.2) is 84.4 Å². The zero-order valence-electron chi connectivity index (χ0n) is 28.0. The van der Waals surface area contributed by atoms with Crippen LogP contribution in [-0.2, 0) is 27.2 Å². The van der Waals surface area contributed by atoms with Crippen LogP contribution in [0.1, 0.15) is 45.2 Å². The number of aliphatic hydroxyl groups excluding tert-OH is 1. The van der Waals surface area contributed by atoms with Gasteiger partial charge in [-0.05, 0) is 68.5 Å². The Kier molecular flexibility index (Phi) is 12.9. The van der Waals surface area contributed by atoms with Gasteiger partial charge in [-0.25, -0.2) is 8.78 Å². The normalized spacial score (nSPS) is 13.8. The fourth-order valence-corrected chi connectivity index (χ4v) is 5.36. The van der Waals surface area contributed by atoms with E-state index in [9.17, 15) is 28.3 Å². The quantitative estimate of drug-likeness (QED) is 0.220. The molecule has 3 aromatic rings. The van der Waals surface area contributed by atoms with Crippen molar-refractivity contribution in [1.29, 1.82) is 0 Å². The summed E-state index contributed by atoms with van der Waals surface area (Å²) in [5.74, 6) is -3.64. The first kappa shape index (κ1) is 37.1. The van der Waals surface area contributed by atoms with Gasteiger partial charge in [0, 0.05) is 45.1 Å². The number of aliphatic hydroxyl groups is 1. The molecule has 8 nitrogen and oxygen atoms in total. The van der Waals surface area contributed by atoms with Gasteiger partial charge in [-0.2, -0.15) is 0 Å². The number of likely N-dealkylation sites (N-methyl/N-ethyl adjacent to an activating group) is 2. The third kappa shape index (κ3) is 11.1. The van der Waals surface area contributed by atoms with E-state index in [0.717, 1.165) is 34.4 Å². The summed E-state index contributed by atoms with van der Waals surface area (Å²) in [6, 6.07) is 18.6. The lowest BCUT2D eigenvalue weighted by Crippen LogP contribution is -2.56. The molecule has 0 bridgehead atoms. The number of nitrogens with one attached hydrogen (secondary N) is 1. The Hall–Kier alpha value is -4.41. The molecule has 10 heteroatoms. The molecule has 3 atom stereocenters. The monoisotopic (exact) mass is 648 g/mol. The van der Waals surface area contributed by atoms with Crippen LogP contribution in [-0.4, -0.2) is 77.0 Å². The SMILES string of the molecule is C/C(=C\C(=O)N(C)[C@H](Cc1ccc(-c2ccccc2)cc1)C(=O)N(C)[C@H](Cc1ccc(F)c(F)c1)C(=O)NC[C@@H](C)O)CC(C)(C)N. The first-order valence-corrected chi connectivity index (χ1v) is 15.6. The first-order chi connectivity index (χ1) is 22.1. The van der Waals surface area contributed by atoms with Crippen molar-refractivity contribution in [1.82, 2.24) is 15.1 Å². The van der Waals surface area contributed by atoms with E-state index in [2.05, 4.69) is 5.32 Å². The Labute approximate surface area is 276 Å². The van der Waals surface area contributed by atoms with Crippen molar-refractivity contribution in [2.45, 2.75) is 70.7 Å². The van der Waals surface area contributed by atoms with Gasteiger partial charge in [0.2, 0.25) is 17.7 Å². The highest BCUT2D eigenvalue weighted by Gasteiger charge is 2.35. The Bertz CT molecular complexity index is 1550. The van der Waals surface area contributed by atoms with Crippen molar-refractivity contribution in [3.8, 4) is 11.1 Å². The summed E-state index contributed by atoms with van der Waals surface area (Å²) in [6.45, 7) is 6.94. The Morgan fingerprint density at radius 1 is 0.872 bits per heavy atom. The van der Waals surface area contributed by atoms with Gasteiger partial charge >= 0.3 is 0 Å². The molecule has 4 N–H and O–H groups in total. The van der Waals surface area contributed by atoms with Crippen LogP contribution < -0.4 is 11.1 Å². The van der Waals surface area contributed by atoms with Crippen molar-refractivity contribution in [2.75, 3.05) is 20.6 Å². The summed E-state index contributed by atoms with van der Waals surface area (Å²) in [5.41, 5.74) is 9.46. The van der Waals surface area contributed by atoms with Gasteiger partial charge in [-0.15, -0.1) is 0 Å². The molecule has 0 spiro atoms. The topological polar surface area (TPSA) is 116 Å². The van der Waals surface area contributed by atoms with Gasteiger partial charge in [-0.3, -0.25) is 14.4 Å². The maximum atomic E-state index is 14.3. The number of hydrogen-bond donors (Lipinski definition) is 3. The predicted octanol–water partition coefficient (Wildman–Crippen LogP) is 4.64. The molecule has 252 valence electrons. The lowest BCUT2D eigenvalue weighted by Gasteiger charge is -2.34. The number of carbonyl (C=O) groups is 3. The molecule has 3 rings (SSSR count). The van der Waals surface area contributed by atoms with Crippen molar-refractivity contribution in [3.05, 3.63) is 107 Å². The van der Waals surface area contributed by atoms with E-state index in [-0.39, 0.29) is 19.4 Å². The lowest BCUT2D eigenvalue weighted by atomic mass is 9.96. The number of halogens is 2. The largest absolute Gasteiger partial charge is 0.392 e. The molecule has 3 amide bonds. The highest BCUT2D eigenvalue weighted by molar-refractivity contribution is 5.95. The Balaban J connectivity index is 1.98. The fourth-order valence-electron chi connectivity index (χ4n) is 5.36. The van der Waals surface area contributed by atoms with Crippen LogP contribution in [0.5, 0.6) is 0 Å².